The fraction of sp³-hybridized carbons (Fsp3) is 0.909. The van der Waals surface area contributed by atoms with Gasteiger partial charge in [-0.05, 0) is 31.6 Å². The Kier molecular flexibility index (Phi) is 1.97. The highest BCUT2D eigenvalue weighted by Gasteiger charge is 2.35. The molecular formula is C11H19N. The van der Waals surface area contributed by atoms with Crippen LogP contribution in [-0.2, 0) is 0 Å². The number of aliphatic imine (C=N–C) groups is 1. The average Bonchev–Trinajstić information content (AvgIpc) is 2.04. The SMILES string of the molecule is CC1(C)CCCC2CCCN=C21. The fourth-order valence-corrected chi connectivity index (χ4v) is 2.77. The van der Waals surface area contributed by atoms with Crippen LogP contribution in [0.15, 0.2) is 4.99 Å². The first-order valence-electron chi connectivity index (χ1n) is 5.25. The van der Waals surface area contributed by atoms with Crippen molar-refractivity contribution in [1.82, 2.24) is 0 Å². The minimum absolute atomic E-state index is 0.420. The van der Waals surface area contributed by atoms with E-state index in [9.17, 15) is 0 Å². The third kappa shape index (κ3) is 1.30. The molecule has 0 saturated heterocycles. The minimum atomic E-state index is 0.420. The Labute approximate surface area is 75.3 Å². The summed E-state index contributed by atoms with van der Waals surface area (Å²) in [7, 11) is 0. The molecule has 1 aliphatic carbocycles. The van der Waals surface area contributed by atoms with Gasteiger partial charge >= 0.3 is 0 Å². The van der Waals surface area contributed by atoms with Crippen LogP contribution in [0.25, 0.3) is 0 Å². The van der Waals surface area contributed by atoms with Crippen molar-refractivity contribution in [3.8, 4) is 0 Å². The van der Waals surface area contributed by atoms with Crippen LogP contribution in [0, 0.1) is 11.3 Å². The smallest absolute Gasteiger partial charge is 0.0389 e. The predicted molar refractivity (Wildman–Crippen MR) is 52.7 cm³/mol. The van der Waals surface area contributed by atoms with Crippen molar-refractivity contribution in [2.24, 2.45) is 16.3 Å². The Hall–Kier alpha value is -0.330. The van der Waals surface area contributed by atoms with Crippen molar-refractivity contribution in [2.45, 2.75) is 46.0 Å². The molecule has 1 fully saturated rings. The average molecular weight is 165 g/mol. The number of nitrogens with zero attached hydrogens (tertiary/aromatic N) is 1. The van der Waals surface area contributed by atoms with Crippen LogP contribution in [0.1, 0.15) is 46.0 Å². The quantitative estimate of drug-likeness (QED) is 0.523. The fourth-order valence-electron chi connectivity index (χ4n) is 2.77. The summed E-state index contributed by atoms with van der Waals surface area (Å²) in [4.78, 5) is 4.72. The Bertz CT molecular complexity index is 203. The third-order valence-electron chi connectivity index (χ3n) is 3.43. The van der Waals surface area contributed by atoms with Crippen LogP contribution in [0.2, 0.25) is 0 Å². The molecule has 0 radical (unpaired) electrons. The van der Waals surface area contributed by atoms with Gasteiger partial charge in [0, 0.05) is 17.7 Å². The summed E-state index contributed by atoms with van der Waals surface area (Å²) in [5, 5.41) is 0. The highest BCUT2D eigenvalue weighted by atomic mass is 14.8. The van der Waals surface area contributed by atoms with Crippen LogP contribution in [0.3, 0.4) is 0 Å². The summed E-state index contributed by atoms with van der Waals surface area (Å²) in [5.41, 5.74) is 1.96. The molecule has 1 unspecified atom stereocenters. The molecular weight excluding hydrogens is 146 g/mol. The molecule has 1 heterocycles. The van der Waals surface area contributed by atoms with Gasteiger partial charge in [0.1, 0.15) is 0 Å². The van der Waals surface area contributed by atoms with E-state index in [0.29, 0.717) is 5.41 Å². The second-order valence-corrected chi connectivity index (χ2v) is 4.88. The van der Waals surface area contributed by atoms with Crippen molar-refractivity contribution < 1.29 is 0 Å². The van der Waals surface area contributed by atoms with Crippen molar-refractivity contribution in [1.29, 1.82) is 0 Å². The van der Waals surface area contributed by atoms with Crippen molar-refractivity contribution in [2.75, 3.05) is 6.54 Å². The van der Waals surface area contributed by atoms with Crippen LogP contribution in [-0.4, -0.2) is 12.3 Å². The van der Waals surface area contributed by atoms with Crippen LogP contribution < -0.4 is 0 Å². The molecule has 2 rings (SSSR count). The summed E-state index contributed by atoms with van der Waals surface area (Å²) in [5.74, 6) is 0.850. The zero-order chi connectivity index (χ0) is 8.60. The van der Waals surface area contributed by atoms with Gasteiger partial charge in [0.2, 0.25) is 0 Å². The molecule has 1 heteroatoms. The van der Waals surface area contributed by atoms with Crippen LogP contribution in [0.4, 0.5) is 0 Å². The van der Waals surface area contributed by atoms with Gasteiger partial charge < -0.3 is 0 Å². The molecule has 0 bridgehead atoms. The second kappa shape index (κ2) is 2.86. The zero-order valence-electron chi connectivity index (χ0n) is 8.27. The summed E-state index contributed by atoms with van der Waals surface area (Å²) >= 11 is 0. The van der Waals surface area contributed by atoms with Gasteiger partial charge in [-0.15, -0.1) is 0 Å². The number of fused-ring (bicyclic) bond motifs is 1. The van der Waals surface area contributed by atoms with E-state index in [2.05, 4.69) is 13.8 Å². The van der Waals surface area contributed by atoms with E-state index < -0.39 is 0 Å². The van der Waals surface area contributed by atoms with Gasteiger partial charge in [0.15, 0.2) is 0 Å². The Morgan fingerprint density at radius 3 is 2.75 bits per heavy atom. The molecule has 1 nitrogen and oxygen atoms in total. The zero-order valence-corrected chi connectivity index (χ0v) is 8.27. The molecule has 0 aromatic heterocycles. The molecule has 0 aromatic carbocycles. The Morgan fingerprint density at radius 1 is 1.25 bits per heavy atom. The maximum atomic E-state index is 4.72. The summed E-state index contributed by atoms with van der Waals surface area (Å²) in [6, 6.07) is 0. The lowest BCUT2D eigenvalue weighted by Crippen LogP contribution is -2.37. The lowest BCUT2D eigenvalue weighted by molar-refractivity contribution is 0.338. The maximum Gasteiger partial charge on any atom is 0.0389 e. The highest BCUT2D eigenvalue weighted by molar-refractivity contribution is 5.92. The van der Waals surface area contributed by atoms with Gasteiger partial charge in [-0.25, -0.2) is 0 Å². The Balaban J connectivity index is 2.24. The molecule has 68 valence electrons. The number of rotatable bonds is 0. The molecule has 0 amide bonds. The van der Waals surface area contributed by atoms with E-state index in [1.54, 1.807) is 5.71 Å². The van der Waals surface area contributed by atoms with E-state index in [1.807, 2.05) is 0 Å². The first kappa shape index (κ1) is 8.28. The van der Waals surface area contributed by atoms with Gasteiger partial charge in [0.05, 0.1) is 0 Å². The molecule has 1 atom stereocenters. The maximum absolute atomic E-state index is 4.72. The number of hydrogen-bond donors (Lipinski definition) is 0. The standard InChI is InChI=1S/C11H19N/c1-11(2)7-3-5-9-6-4-8-12-10(9)11/h9H,3-8H2,1-2H3. The Morgan fingerprint density at radius 2 is 2.00 bits per heavy atom. The van der Waals surface area contributed by atoms with Crippen molar-refractivity contribution >= 4 is 5.71 Å². The number of hydrogen-bond acceptors (Lipinski definition) is 1. The van der Waals surface area contributed by atoms with E-state index in [1.165, 1.54) is 32.1 Å². The minimum Gasteiger partial charge on any atom is -0.293 e. The predicted octanol–water partition coefficient (Wildman–Crippen LogP) is 3.05. The van der Waals surface area contributed by atoms with Gasteiger partial charge in [0.25, 0.3) is 0 Å². The molecule has 0 spiro atoms. The third-order valence-corrected chi connectivity index (χ3v) is 3.43. The van der Waals surface area contributed by atoms with Gasteiger partial charge in [-0.3, -0.25) is 4.99 Å². The second-order valence-electron chi connectivity index (χ2n) is 4.88. The molecule has 0 aromatic rings. The summed E-state index contributed by atoms with van der Waals surface area (Å²) in [6.07, 6.45) is 6.90. The lowest BCUT2D eigenvalue weighted by Gasteiger charge is -2.39. The lowest BCUT2D eigenvalue weighted by atomic mass is 9.68. The molecule has 1 aliphatic heterocycles. The first-order valence-corrected chi connectivity index (χ1v) is 5.25. The normalized spacial score (nSPS) is 33.8. The van der Waals surface area contributed by atoms with Crippen molar-refractivity contribution in [3.05, 3.63) is 0 Å². The monoisotopic (exact) mass is 165 g/mol. The van der Waals surface area contributed by atoms with Crippen LogP contribution >= 0.6 is 0 Å². The van der Waals surface area contributed by atoms with Crippen molar-refractivity contribution in [3.63, 3.8) is 0 Å². The largest absolute Gasteiger partial charge is 0.293 e. The first-order chi connectivity index (χ1) is 5.70. The van der Waals surface area contributed by atoms with E-state index in [4.69, 9.17) is 4.99 Å². The molecule has 2 aliphatic rings. The summed E-state index contributed by atoms with van der Waals surface area (Å²) in [6.45, 7) is 5.82. The van der Waals surface area contributed by atoms with E-state index >= 15 is 0 Å². The van der Waals surface area contributed by atoms with E-state index in [-0.39, 0.29) is 0 Å². The van der Waals surface area contributed by atoms with Gasteiger partial charge in [-0.2, -0.15) is 0 Å². The topological polar surface area (TPSA) is 12.4 Å². The van der Waals surface area contributed by atoms with Gasteiger partial charge in [-0.1, -0.05) is 20.3 Å². The molecule has 1 saturated carbocycles. The molecule has 0 N–H and O–H groups in total. The summed E-state index contributed by atoms with van der Waals surface area (Å²) < 4.78 is 0. The highest BCUT2D eigenvalue weighted by Crippen LogP contribution is 2.39. The van der Waals surface area contributed by atoms with E-state index in [0.717, 1.165) is 12.5 Å². The van der Waals surface area contributed by atoms with Crippen LogP contribution in [0.5, 0.6) is 0 Å². The molecule has 12 heavy (non-hydrogen) atoms.